The number of halogens is 1. The molecule has 0 saturated carbocycles. The van der Waals surface area contributed by atoms with Gasteiger partial charge in [0.2, 0.25) is 0 Å². The van der Waals surface area contributed by atoms with E-state index in [1.165, 1.54) is 12.1 Å². The predicted molar refractivity (Wildman–Crippen MR) is 74.6 cm³/mol. The number of nitrogen functional groups attached to an aromatic ring is 1. The summed E-state index contributed by atoms with van der Waals surface area (Å²) in [4.78, 5) is 1.88. The zero-order valence-corrected chi connectivity index (χ0v) is 10.6. The molecule has 0 atom stereocenters. The number of nitrogens with zero attached hydrogens (tertiary/aromatic N) is 2. The highest BCUT2D eigenvalue weighted by atomic mass is 19.1. The number of hydrogen-bond acceptors (Lipinski definition) is 3. The summed E-state index contributed by atoms with van der Waals surface area (Å²) < 4.78 is 13.3. The molecule has 0 fully saturated rings. The Morgan fingerprint density at radius 2 is 2.05 bits per heavy atom. The fourth-order valence-electron chi connectivity index (χ4n) is 2.01. The molecule has 4 heteroatoms. The number of hydrogen-bond donors (Lipinski definition) is 1. The molecule has 19 heavy (non-hydrogen) atoms. The molecule has 0 spiro atoms. The molecule has 0 aliphatic carbocycles. The Morgan fingerprint density at radius 3 is 2.68 bits per heavy atom. The van der Waals surface area contributed by atoms with Crippen molar-refractivity contribution in [1.82, 2.24) is 0 Å². The minimum atomic E-state index is -0.301. The Hall–Kier alpha value is -2.54. The van der Waals surface area contributed by atoms with Crippen LogP contribution in [-0.4, -0.2) is 6.54 Å². The molecule has 2 aromatic rings. The number of anilines is 3. The molecule has 2 N–H and O–H groups in total. The van der Waals surface area contributed by atoms with Gasteiger partial charge in [-0.05, 0) is 43.3 Å². The molecule has 0 aromatic heterocycles. The first-order valence-electron chi connectivity index (χ1n) is 5.98. The Kier molecular flexibility index (Phi) is 3.67. The van der Waals surface area contributed by atoms with E-state index in [4.69, 9.17) is 5.73 Å². The van der Waals surface area contributed by atoms with Crippen LogP contribution in [0, 0.1) is 17.1 Å². The molecule has 0 saturated heterocycles. The van der Waals surface area contributed by atoms with Gasteiger partial charge in [0.1, 0.15) is 11.9 Å². The maximum atomic E-state index is 13.3. The number of nitrogens with two attached hydrogens (primary N) is 1. The van der Waals surface area contributed by atoms with Crippen LogP contribution in [0.3, 0.4) is 0 Å². The highest BCUT2D eigenvalue weighted by molar-refractivity contribution is 5.71. The summed E-state index contributed by atoms with van der Waals surface area (Å²) >= 11 is 0. The smallest absolute Gasteiger partial charge is 0.125 e. The average Bonchev–Trinajstić information content (AvgIpc) is 2.41. The van der Waals surface area contributed by atoms with Crippen LogP contribution in [0.15, 0.2) is 42.5 Å². The van der Waals surface area contributed by atoms with Crippen LogP contribution < -0.4 is 10.6 Å². The van der Waals surface area contributed by atoms with Crippen LogP contribution >= 0.6 is 0 Å². The van der Waals surface area contributed by atoms with Gasteiger partial charge in [0.05, 0.1) is 11.3 Å². The molecule has 0 amide bonds. The van der Waals surface area contributed by atoms with Crippen LogP contribution in [0.5, 0.6) is 0 Å². The lowest BCUT2D eigenvalue weighted by atomic mass is 10.1. The fourth-order valence-corrected chi connectivity index (χ4v) is 2.01. The molecule has 2 rings (SSSR count). The summed E-state index contributed by atoms with van der Waals surface area (Å²) in [5.41, 5.74) is 8.13. The molecule has 3 nitrogen and oxygen atoms in total. The lowest BCUT2D eigenvalue weighted by Crippen LogP contribution is -2.17. The molecule has 2 aromatic carbocycles. The molecular weight excluding hydrogens is 241 g/mol. The maximum Gasteiger partial charge on any atom is 0.125 e. The summed E-state index contributed by atoms with van der Waals surface area (Å²) in [6, 6.07) is 13.6. The average molecular weight is 255 g/mol. The highest BCUT2D eigenvalue weighted by Crippen LogP contribution is 2.29. The fraction of sp³-hybridized carbons (Fsp3) is 0.133. The van der Waals surface area contributed by atoms with Crippen molar-refractivity contribution in [3.8, 4) is 6.07 Å². The summed E-state index contributed by atoms with van der Waals surface area (Å²) in [5, 5.41) is 9.18. The lowest BCUT2D eigenvalue weighted by molar-refractivity contribution is 0.627. The van der Waals surface area contributed by atoms with Crippen molar-refractivity contribution in [2.24, 2.45) is 0 Å². The van der Waals surface area contributed by atoms with Gasteiger partial charge in [-0.25, -0.2) is 4.39 Å². The lowest BCUT2D eigenvalue weighted by Gasteiger charge is -2.24. The third-order valence-corrected chi connectivity index (χ3v) is 2.87. The van der Waals surface area contributed by atoms with Gasteiger partial charge in [0, 0.05) is 17.9 Å². The second kappa shape index (κ2) is 5.40. The second-order valence-corrected chi connectivity index (χ2v) is 4.11. The first-order valence-corrected chi connectivity index (χ1v) is 5.98. The van der Waals surface area contributed by atoms with E-state index in [2.05, 4.69) is 6.07 Å². The Labute approximate surface area is 111 Å². The van der Waals surface area contributed by atoms with Gasteiger partial charge in [-0.15, -0.1) is 0 Å². The third-order valence-electron chi connectivity index (χ3n) is 2.87. The van der Waals surface area contributed by atoms with Crippen LogP contribution in [0.25, 0.3) is 0 Å². The van der Waals surface area contributed by atoms with Crippen molar-refractivity contribution in [3.05, 3.63) is 53.8 Å². The summed E-state index contributed by atoms with van der Waals surface area (Å²) in [5.74, 6) is -0.301. The summed E-state index contributed by atoms with van der Waals surface area (Å²) in [6.07, 6.45) is 0. The van der Waals surface area contributed by atoms with Gasteiger partial charge in [-0.1, -0.05) is 6.07 Å². The molecule has 0 aliphatic heterocycles. The normalized spacial score (nSPS) is 9.95. The zero-order chi connectivity index (χ0) is 13.8. The molecule has 96 valence electrons. The molecule has 0 bridgehead atoms. The highest BCUT2D eigenvalue weighted by Gasteiger charge is 2.12. The van der Waals surface area contributed by atoms with Crippen LogP contribution in [0.4, 0.5) is 21.5 Å². The largest absolute Gasteiger partial charge is 0.399 e. The van der Waals surface area contributed by atoms with E-state index in [-0.39, 0.29) is 5.82 Å². The summed E-state index contributed by atoms with van der Waals surface area (Å²) in [7, 11) is 0. The van der Waals surface area contributed by atoms with Crippen molar-refractivity contribution >= 4 is 17.1 Å². The van der Waals surface area contributed by atoms with E-state index in [1.54, 1.807) is 24.3 Å². The van der Waals surface area contributed by atoms with Crippen molar-refractivity contribution in [2.75, 3.05) is 17.2 Å². The van der Waals surface area contributed by atoms with Gasteiger partial charge in [-0.3, -0.25) is 0 Å². The minimum Gasteiger partial charge on any atom is -0.399 e. The van der Waals surface area contributed by atoms with E-state index in [0.29, 0.717) is 23.5 Å². The molecular formula is C15H14FN3. The molecule has 0 radical (unpaired) electrons. The minimum absolute atomic E-state index is 0.301. The van der Waals surface area contributed by atoms with Crippen LogP contribution in [0.1, 0.15) is 12.5 Å². The van der Waals surface area contributed by atoms with Gasteiger partial charge in [0.25, 0.3) is 0 Å². The number of benzene rings is 2. The first kappa shape index (κ1) is 12.9. The maximum absolute atomic E-state index is 13.3. The van der Waals surface area contributed by atoms with Crippen LogP contribution in [-0.2, 0) is 0 Å². The third kappa shape index (κ3) is 2.66. The Bertz CT molecular complexity index is 632. The van der Waals surface area contributed by atoms with Crippen LogP contribution in [0.2, 0.25) is 0 Å². The first-order chi connectivity index (χ1) is 9.15. The summed E-state index contributed by atoms with van der Waals surface area (Å²) in [6.45, 7) is 2.57. The zero-order valence-electron chi connectivity index (χ0n) is 10.6. The number of rotatable bonds is 3. The van der Waals surface area contributed by atoms with Gasteiger partial charge < -0.3 is 10.6 Å². The predicted octanol–water partition coefficient (Wildman–Crippen LogP) is 3.44. The second-order valence-electron chi connectivity index (χ2n) is 4.11. The molecule has 0 heterocycles. The van der Waals surface area contributed by atoms with Crippen molar-refractivity contribution in [1.29, 1.82) is 5.26 Å². The SMILES string of the molecule is CCN(c1cccc(F)c1)c1ccc(N)cc1C#N. The Balaban J connectivity index is 2.52. The van der Waals surface area contributed by atoms with E-state index >= 15 is 0 Å². The van der Waals surface area contributed by atoms with E-state index < -0.39 is 0 Å². The van der Waals surface area contributed by atoms with E-state index in [9.17, 15) is 9.65 Å². The quantitative estimate of drug-likeness (QED) is 0.855. The van der Waals surface area contributed by atoms with E-state index in [1.807, 2.05) is 17.9 Å². The van der Waals surface area contributed by atoms with Crippen molar-refractivity contribution < 1.29 is 4.39 Å². The van der Waals surface area contributed by atoms with Gasteiger partial charge in [0.15, 0.2) is 0 Å². The standard InChI is InChI=1S/C15H14FN3/c1-2-19(14-5-3-4-12(16)9-14)15-7-6-13(18)8-11(15)10-17/h3-9H,2,18H2,1H3. The van der Waals surface area contributed by atoms with E-state index in [0.717, 1.165) is 5.69 Å². The molecule has 0 unspecified atom stereocenters. The number of nitriles is 1. The van der Waals surface area contributed by atoms with Crippen molar-refractivity contribution in [2.45, 2.75) is 6.92 Å². The Morgan fingerprint density at radius 1 is 1.26 bits per heavy atom. The van der Waals surface area contributed by atoms with Crippen molar-refractivity contribution in [3.63, 3.8) is 0 Å². The van der Waals surface area contributed by atoms with Gasteiger partial charge >= 0.3 is 0 Å². The topological polar surface area (TPSA) is 53.0 Å². The van der Waals surface area contributed by atoms with Gasteiger partial charge in [-0.2, -0.15) is 5.26 Å². The molecule has 0 aliphatic rings. The monoisotopic (exact) mass is 255 g/mol.